The minimum Gasteiger partial charge on any atom is -0.369 e. The lowest BCUT2D eigenvalue weighted by atomic mass is 10.5. The molecule has 0 amide bonds. The first-order valence-electron chi connectivity index (χ1n) is 3.24. The number of hydrogen-bond donors (Lipinski definition) is 2. The van der Waals surface area contributed by atoms with Crippen molar-refractivity contribution in [1.29, 1.82) is 0 Å². The number of hydrogen-bond acceptors (Lipinski definition) is 5. The molecule has 2 aromatic rings. The van der Waals surface area contributed by atoms with Crippen molar-refractivity contribution in [1.82, 2.24) is 19.9 Å². The smallest absolute Gasteiger partial charge is 0.280 e. The highest BCUT2D eigenvalue weighted by Gasteiger charge is 2.01. The zero-order chi connectivity index (χ0) is 8.55. The zero-order valence-electron chi connectivity index (χ0n) is 6.80. The highest BCUT2D eigenvalue weighted by Crippen LogP contribution is 1.97. The molecule has 0 unspecified atom stereocenters. The van der Waals surface area contributed by atoms with Gasteiger partial charge in [0, 0.05) is 12.4 Å². The molecule has 0 aliphatic carbocycles. The van der Waals surface area contributed by atoms with Gasteiger partial charge in [0.2, 0.25) is 5.95 Å². The Hall–Kier alpha value is -1.40. The minimum absolute atomic E-state index is 0. The van der Waals surface area contributed by atoms with E-state index in [9.17, 15) is 4.79 Å². The Morgan fingerprint density at radius 1 is 1.21 bits per heavy atom. The van der Waals surface area contributed by atoms with Gasteiger partial charge < -0.3 is 5.73 Å². The molecule has 0 atom stereocenters. The summed E-state index contributed by atoms with van der Waals surface area (Å²) in [5.41, 5.74) is 5.38. The van der Waals surface area contributed by atoms with Crippen LogP contribution in [0.4, 0.5) is 5.95 Å². The van der Waals surface area contributed by atoms with Gasteiger partial charge in [-0.2, -0.15) is 4.98 Å². The van der Waals surface area contributed by atoms with Crippen molar-refractivity contribution < 1.29 is 0 Å². The molecular formula is C6H7Cl2N5O. The Kier molecular flexibility index (Phi) is 4.26. The second kappa shape index (κ2) is 4.73. The van der Waals surface area contributed by atoms with Crippen LogP contribution in [0, 0.1) is 0 Å². The Morgan fingerprint density at radius 2 is 1.86 bits per heavy atom. The molecule has 2 aromatic heterocycles. The summed E-state index contributed by atoms with van der Waals surface area (Å²) in [5, 5.41) is 0. The number of H-pyrrole nitrogens is 1. The van der Waals surface area contributed by atoms with Gasteiger partial charge in [0.15, 0.2) is 11.2 Å². The monoisotopic (exact) mass is 235 g/mol. The number of halogens is 2. The number of fused-ring (bicyclic) bond motifs is 1. The van der Waals surface area contributed by atoms with Gasteiger partial charge >= 0.3 is 0 Å². The Bertz CT molecular complexity index is 485. The lowest BCUT2D eigenvalue weighted by Gasteiger charge is -1.94. The fraction of sp³-hybridized carbons (Fsp3) is 0. The molecule has 0 bridgehead atoms. The number of nitrogen functional groups attached to an aromatic ring is 1. The van der Waals surface area contributed by atoms with Crippen molar-refractivity contribution in [2.24, 2.45) is 0 Å². The number of aromatic amines is 1. The van der Waals surface area contributed by atoms with Gasteiger partial charge in [-0.25, -0.2) is 9.97 Å². The van der Waals surface area contributed by atoms with Crippen LogP contribution in [0.3, 0.4) is 0 Å². The molecule has 0 aliphatic rings. The van der Waals surface area contributed by atoms with E-state index in [-0.39, 0.29) is 47.5 Å². The standard InChI is InChI=1S/C6H5N5O.2ClH/c7-6-10-4-3(5(12)11-6)8-1-2-9-4;;/h1-2H,(H3,7,9,10,11,12);2*1H. The molecule has 8 heteroatoms. The third-order valence-electron chi connectivity index (χ3n) is 1.36. The van der Waals surface area contributed by atoms with Gasteiger partial charge in [0.1, 0.15) is 0 Å². The number of aromatic nitrogens is 4. The number of anilines is 1. The van der Waals surface area contributed by atoms with Crippen LogP contribution < -0.4 is 11.3 Å². The summed E-state index contributed by atoms with van der Waals surface area (Å²) in [6, 6.07) is 0. The van der Waals surface area contributed by atoms with E-state index in [1.54, 1.807) is 0 Å². The zero-order valence-corrected chi connectivity index (χ0v) is 8.43. The average Bonchev–Trinajstić information content (AvgIpc) is 2.04. The molecule has 0 radical (unpaired) electrons. The molecule has 0 aliphatic heterocycles. The van der Waals surface area contributed by atoms with Gasteiger partial charge in [-0.15, -0.1) is 24.8 Å². The summed E-state index contributed by atoms with van der Waals surface area (Å²) in [6.07, 6.45) is 2.88. The van der Waals surface area contributed by atoms with Crippen molar-refractivity contribution in [3.8, 4) is 0 Å². The van der Waals surface area contributed by atoms with E-state index in [4.69, 9.17) is 5.73 Å². The fourth-order valence-electron chi connectivity index (χ4n) is 0.890. The van der Waals surface area contributed by atoms with Crippen molar-refractivity contribution in [3.05, 3.63) is 22.7 Å². The SMILES string of the molecule is Cl.Cl.Nc1nc2nccnc2c(=O)[nH]1. The van der Waals surface area contributed by atoms with Crippen molar-refractivity contribution in [2.75, 3.05) is 5.73 Å². The minimum atomic E-state index is -0.370. The molecule has 0 saturated heterocycles. The first-order chi connectivity index (χ1) is 5.77. The molecule has 14 heavy (non-hydrogen) atoms. The van der Waals surface area contributed by atoms with E-state index < -0.39 is 0 Å². The summed E-state index contributed by atoms with van der Waals surface area (Å²) in [6.45, 7) is 0. The van der Waals surface area contributed by atoms with E-state index in [0.717, 1.165) is 0 Å². The third kappa shape index (κ3) is 2.09. The van der Waals surface area contributed by atoms with Crippen LogP contribution in [0.25, 0.3) is 11.2 Å². The first kappa shape index (κ1) is 12.6. The molecule has 2 rings (SSSR count). The molecule has 3 N–H and O–H groups in total. The molecule has 76 valence electrons. The summed E-state index contributed by atoms with van der Waals surface area (Å²) in [5.74, 6) is 0.0491. The van der Waals surface area contributed by atoms with Gasteiger partial charge in [-0.1, -0.05) is 0 Å². The highest BCUT2D eigenvalue weighted by atomic mass is 35.5. The predicted molar refractivity (Wildman–Crippen MR) is 56.9 cm³/mol. The maximum atomic E-state index is 11.1. The Morgan fingerprint density at radius 3 is 2.57 bits per heavy atom. The summed E-state index contributed by atoms with van der Waals surface area (Å²) < 4.78 is 0. The largest absolute Gasteiger partial charge is 0.369 e. The van der Waals surface area contributed by atoms with Crippen LogP contribution in [0.5, 0.6) is 0 Å². The van der Waals surface area contributed by atoms with Gasteiger partial charge in [0.05, 0.1) is 0 Å². The quantitative estimate of drug-likeness (QED) is 0.677. The molecule has 0 fully saturated rings. The van der Waals surface area contributed by atoms with Crippen molar-refractivity contribution in [3.63, 3.8) is 0 Å². The molecule has 0 spiro atoms. The molecular weight excluding hydrogens is 229 g/mol. The number of rotatable bonds is 0. The second-order valence-electron chi connectivity index (χ2n) is 2.18. The first-order valence-corrected chi connectivity index (χ1v) is 3.24. The lowest BCUT2D eigenvalue weighted by Crippen LogP contribution is -2.12. The van der Waals surface area contributed by atoms with Crippen LogP contribution in [0.2, 0.25) is 0 Å². The predicted octanol–water partition coefficient (Wildman–Crippen LogP) is 0.139. The fourth-order valence-corrected chi connectivity index (χ4v) is 0.890. The van der Waals surface area contributed by atoms with Crippen molar-refractivity contribution in [2.45, 2.75) is 0 Å². The summed E-state index contributed by atoms with van der Waals surface area (Å²) in [4.78, 5) is 24.9. The van der Waals surface area contributed by atoms with Crippen LogP contribution in [-0.4, -0.2) is 19.9 Å². The molecule has 0 aromatic carbocycles. The number of nitrogens with one attached hydrogen (secondary N) is 1. The van der Waals surface area contributed by atoms with E-state index in [2.05, 4.69) is 19.9 Å². The van der Waals surface area contributed by atoms with E-state index in [1.165, 1.54) is 12.4 Å². The lowest BCUT2D eigenvalue weighted by molar-refractivity contribution is 1.12. The molecule has 2 heterocycles. The summed E-state index contributed by atoms with van der Waals surface area (Å²) in [7, 11) is 0. The number of nitrogens with zero attached hydrogens (tertiary/aromatic N) is 3. The maximum absolute atomic E-state index is 11.1. The van der Waals surface area contributed by atoms with Crippen LogP contribution in [0.1, 0.15) is 0 Å². The van der Waals surface area contributed by atoms with E-state index in [0.29, 0.717) is 0 Å². The molecule has 0 saturated carbocycles. The second-order valence-corrected chi connectivity index (χ2v) is 2.18. The van der Waals surface area contributed by atoms with E-state index >= 15 is 0 Å². The summed E-state index contributed by atoms with van der Waals surface area (Å²) >= 11 is 0. The van der Waals surface area contributed by atoms with Gasteiger partial charge in [0.25, 0.3) is 5.56 Å². The van der Waals surface area contributed by atoms with Crippen molar-refractivity contribution >= 4 is 41.9 Å². The van der Waals surface area contributed by atoms with E-state index in [1.807, 2.05) is 0 Å². The third-order valence-corrected chi connectivity index (χ3v) is 1.36. The van der Waals surface area contributed by atoms with Gasteiger partial charge in [-0.3, -0.25) is 9.78 Å². The Balaban J connectivity index is 0.000000845. The molecule has 6 nitrogen and oxygen atoms in total. The average molecular weight is 236 g/mol. The maximum Gasteiger partial charge on any atom is 0.280 e. The van der Waals surface area contributed by atoms with Gasteiger partial charge in [-0.05, 0) is 0 Å². The topological polar surface area (TPSA) is 97.5 Å². The van der Waals surface area contributed by atoms with Crippen LogP contribution >= 0.6 is 24.8 Å². The van der Waals surface area contributed by atoms with Crippen LogP contribution in [0.15, 0.2) is 17.2 Å². The number of nitrogens with two attached hydrogens (primary N) is 1. The highest BCUT2D eigenvalue weighted by molar-refractivity contribution is 5.85. The Labute approximate surface area is 90.8 Å². The van der Waals surface area contributed by atoms with Crippen LogP contribution in [-0.2, 0) is 0 Å². The normalized spacial score (nSPS) is 8.86.